The molecule has 84 valence electrons. The summed E-state index contributed by atoms with van der Waals surface area (Å²) >= 11 is 0. The molecule has 0 fully saturated rings. The molecule has 0 aliphatic heterocycles. The number of carboxylic acid groups (broad SMARTS) is 1. The van der Waals surface area contributed by atoms with Crippen LogP contribution in [0.1, 0.15) is 26.2 Å². The number of amides is 1. The third-order valence-electron chi connectivity index (χ3n) is 1.74. The van der Waals surface area contributed by atoms with Crippen molar-refractivity contribution in [1.82, 2.24) is 5.32 Å². The quantitative estimate of drug-likeness (QED) is 0.285. The normalized spacial score (nSPS) is 11.3. The van der Waals surface area contributed by atoms with Gasteiger partial charge >= 0.3 is 5.97 Å². The van der Waals surface area contributed by atoms with E-state index in [1.165, 1.54) is 6.92 Å². The van der Waals surface area contributed by atoms with Crippen molar-refractivity contribution in [3.63, 3.8) is 0 Å². The largest absolute Gasteiger partial charge is 0.480 e. The molecule has 0 aliphatic carbocycles. The molecule has 0 aromatic carbocycles. The van der Waals surface area contributed by atoms with Crippen molar-refractivity contribution in [2.75, 3.05) is 6.54 Å². The predicted molar refractivity (Wildman–Crippen MR) is 53.1 cm³/mol. The van der Waals surface area contributed by atoms with Gasteiger partial charge in [0.15, 0.2) is 0 Å². The molecule has 0 aromatic rings. The van der Waals surface area contributed by atoms with Crippen LogP contribution < -0.4 is 5.32 Å². The van der Waals surface area contributed by atoms with Crippen molar-refractivity contribution in [2.24, 2.45) is 5.11 Å². The third kappa shape index (κ3) is 7.33. The lowest BCUT2D eigenvalue weighted by Crippen LogP contribution is -2.39. The van der Waals surface area contributed by atoms with E-state index in [0.717, 1.165) is 0 Å². The summed E-state index contributed by atoms with van der Waals surface area (Å²) in [6, 6.07) is -0.853. The summed E-state index contributed by atoms with van der Waals surface area (Å²) in [6.07, 6.45) is 1.56. The molecule has 0 unspecified atom stereocenters. The molecule has 7 nitrogen and oxygen atoms in total. The van der Waals surface area contributed by atoms with E-state index in [0.29, 0.717) is 25.8 Å². The van der Waals surface area contributed by atoms with E-state index >= 15 is 0 Å². The fraction of sp³-hybridized carbons (Fsp3) is 0.750. The second-order valence-corrected chi connectivity index (χ2v) is 3.04. The molecule has 15 heavy (non-hydrogen) atoms. The highest BCUT2D eigenvalue weighted by molar-refractivity contribution is 5.81. The lowest BCUT2D eigenvalue weighted by Gasteiger charge is -2.12. The SMILES string of the molecule is CC(=O)N[C@@H](CCCCN=[N+]=[N-])C(=O)O. The van der Waals surface area contributed by atoms with Gasteiger partial charge in [-0.1, -0.05) is 11.5 Å². The van der Waals surface area contributed by atoms with Crippen molar-refractivity contribution < 1.29 is 14.7 Å². The average molecular weight is 214 g/mol. The first-order valence-electron chi connectivity index (χ1n) is 4.58. The first-order chi connectivity index (χ1) is 7.07. The summed E-state index contributed by atoms with van der Waals surface area (Å²) in [6.45, 7) is 1.62. The number of aliphatic carboxylic acids is 1. The number of nitrogens with one attached hydrogen (secondary N) is 1. The number of carbonyl (C=O) groups excluding carboxylic acids is 1. The van der Waals surface area contributed by atoms with Crippen LogP contribution >= 0.6 is 0 Å². The lowest BCUT2D eigenvalue weighted by molar-refractivity contribution is -0.141. The number of carbonyl (C=O) groups is 2. The number of rotatable bonds is 7. The Morgan fingerprint density at radius 1 is 1.53 bits per heavy atom. The monoisotopic (exact) mass is 214 g/mol. The van der Waals surface area contributed by atoms with Crippen molar-refractivity contribution in [3.05, 3.63) is 10.4 Å². The Morgan fingerprint density at radius 3 is 2.67 bits per heavy atom. The third-order valence-corrected chi connectivity index (χ3v) is 1.74. The van der Waals surface area contributed by atoms with Gasteiger partial charge in [-0.05, 0) is 18.4 Å². The van der Waals surface area contributed by atoms with Gasteiger partial charge in [0.2, 0.25) is 5.91 Å². The molecule has 0 saturated heterocycles. The molecule has 7 heteroatoms. The zero-order valence-corrected chi connectivity index (χ0v) is 8.51. The lowest BCUT2D eigenvalue weighted by atomic mass is 10.1. The maximum Gasteiger partial charge on any atom is 0.326 e. The zero-order valence-electron chi connectivity index (χ0n) is 8.51. The maximum atomic E-state index is 10.7. The highest BCUT2D eigenvalue weighted by Gasteiger charge is 2.16. The van der Waals surface area contributed by atoms with E-state index < -0.39 is 12.0 Å². The smallest absolute Gasteiger partial charge is 0.326 e. The van der Waals surface area contributed by atoms with Gasteiger partial charge in [-0.2, -0.15) is 0 Å². The first kappa shape index (κ1) is 13.2. The minimum absolute atomic E-state index is 0.343. The number of nitrogens with zero attached hydrogens (tertiary/aromatic N) is 3. The van der Waals surface area contributed by atoms with Crippen LogP contribution in [0, 0.1) is 0 Å². The van der Waals surface area contributed by atoms with Crippen LogP contribution in [0.3, 0.4) is 0 Å². The van der Waals surface area contributed by atoms with Crippen molar-refractivity contribution in [1.29, 1.82) is 0 Å². The summed E-state index contributed by atoms with van der Waals surface area (Å²) in [7, 11) is 0. The van der Waals surface area contributed by atoms with E-state index in [1.54, 1.807) is 0 Å². The van der Waals surface area contributed by atoms with Gasteiger partial charge in [-0.3, -0.25) is 4.79 Å². The highest BCUT2D eigenvalue weighted by Crippen LogP contribution is 2.02. The Balaban J connectivity index is 3.81. The van der Waals surface area contributed by atoms with Gasteiger partial charge in [-0.25, -0.2) is 4.79 Å². The highest BCUT2D eigenvalue weighted by atomic mass is 16.4. The molecule has 0 spiro atoms. The Labute approximate surface area is 87.1 Å². The van der Waals surface area contributed by atoms with Crippen LogP contribution in [-0.4, -0.2) is 29.6 Å². The van der Waals surface area contributed by atoms with Gasteiger partial charge in [0.05, 0.1) is 0 Å². The first-order valence-corrected chi connectivity index (χ1v) is 4.58. The minimum Gasteiger partial charge on any atom is -0.480 e. The standard InChI is InChI=1S/C8H14N4O3/c1-6(13)11-7(8(14)15)4-2-3-5-10-12-9/h7H,2-5H2,1H3,(H,11,13)(H,14,15)/t7-/m0/s1. The molecule has 1 amide bonds. The number of unbranched alkanes of at least 4 members (excludes halogenated alkanes) is 1. The fourth-order valence-electron chi connectivity index (χ4n) is 1.08. The van der Waals surface area contributed by atoms with Gasteiger partial charge in [0.1, 0.15) is 6.04 Å². The minimum atomic E-state index is -1.05. The van der Waals surface area contributed by atoms with Crippen molar-refractivity contribution >= 4 is 11.9 Å². The maximum absolute atomic E-state index is 10.7. The van der Waals surface area contributed by atoms with E-state index in [2.05, 4.69) is 15.3 Å². The Hall–Kier alpha value is -1.75. The summed E-state index contributed by atoms with van der Waals surface area (Å²) < 4.78 is 0. The molecule has 0 aromatic heterocycles. The molecule has 0 aliphatic rings. The molecule has 0 saturated carbocycles. The van der Waals surface area contributed by atoms with Crippen LogP contribution in [-0.2, 0) is 9.59 Å². The zero-order chi connectivity index (χ0) is 11.7. The van der Waals surface area contributed by atoms with Gasteiger partial charge in [-0.15, -0.1) is 0 Å². The number of carboxylic acids is 1. The summed E-state index contributed by atoms with van der Waals surface area (Å²) in [4.78, 5) is 23.9. The Kier molecular flexibility index (Phi) is 6.74. The van der Waals surface area contributed by atoms with Crippen molar-refractivity contribution in [2.45, 2.75) is 32.2 Å². The second-order valence-electron chi connectivity index (χ2n) is 3.04. The molecule has 0 rings (SSSR count). The van der Waals surface area contributed by atoms with Crippen LogP contribution in [0.5, 0.6) is 0 Å². The van der Waals surface area contributed by atoms with E-state index in [4.69, 9.17) is 10.6 Å². The topological polar surface area (TPSA) is 115 Å². The molecule has 0 heterocycles. The average Bonchev–Trinajstić information content (AvgIpc) is 2.15. The fourth-order valence-corrected chi connectivity index (χ4v) is 1.08. The van der Waals surface area contributed by atoms with Crippen LogP contribution in [0.25, 0.3) is 10.4 Å². The molecule has 2 N–H and O–H groups in total. The molecule has 0 bridgehead atoms. The molecule has 1 atom stereocenters. The van der Waals surface area contributed by atoms with Gasteiger partial charge < -0.3 is 10.4 Å². The molecular weight excluding hydrogens is 200 g/mol. The van der Waals surface area contributed by atoms with Gasteiger partial charge in [0, 0.05) is 18.4 Å². The summed E-state index contributed by atoms with van der Waals surface area (Å²) in [5.74, 6) is -1.41. The Morgan fingerprint density at radius 2 is 2.20 bits per heavy atom. The van der Waals surface area contributed by atoms with E-state index in [-0.39, 0.29) is 5.91 Å². The number of azide groups is 1. The number of hydrogen-bond donors (Lipinski definition) is 2. The molecule has 0 radical (unpaired) electrons. The molecular formula is C8H14N4O3. The van der Waals surface area contributed by atoms with Gasteiger partial charge in [0.25, 0.3) is 0 Å². The second kappa shape index (κ2) is 7.64. The predicted octanol–water partition coefficient (Wildman–Crippen LogP) is 1.06. The van der Waals surface area contributed by atoms with Crippen LogP contribution in [0.15, 0.2) is 5.11 Å². The number of hydrogen-bond acceptors (Lipinski definition) is 3. The van der Waals surface area contributed by atoms with Crippen LogP contribution in [0.2, 0.25) is 0 Å². The van der Waals surface area contributed by atoms with E-state index in [1.807, 2.05) is 0 Å². The summed E-state index contributed by atoms with van der Waals surface area (Å²) in [5.41, 5.74) is 7.99. The van der Waals surface area contributed by atoms with Crippen molar-refractivity contribution in [3.8, 4) is 0 Å². The van der Waals surface area contributed by atoms with Crippen LogP contribution in [0.4, 0.5) is 0 Å². The Bertz CT molecular complexity index is 273. The van der Waals surface area contributed by atoms with E-state index in [9.17, 15) is 9.59 Å². The summed E-state index contributed by atoms with van der Waals surface area (Å²) in [5, 5.41) is 14.4.